The van der Waals surface area contributed by atoms with Gasteiger partial charge in [-0.25, -0.2) is 0 Å². The molecule has 4 unspecified atom stereocenters. The molecule has 2 aliphatic rings. The van der Waals surface area contributed by atoms with Crippen molar-refractivity contribution < 1.29 is 0 Å². The second kappa shape index (κ2) is 6.47. The molecule has 1 aromatic rings. The molecule has 4 atom stereocenters. The zero-order valence-corrected chi connectivity index (χ0v) is 13.6. The molecule has 2 heterocycles. The van der Waals surface area contributed by atoms with Crippen molar-refractivity contribution in [3.05, 3.63) is 35.9 Å². The molecule has 3 heteroatoms. The van der Waals surface area contributed by atoms with Crippen LogP contribution in [0.3, 0.4) is 0 Å². The first-order valence-corrected chi connectivity index (χ1v) is 8.37. The van der Waals surface area contributed by atoms with Crippen molar-refractivity contribution in [2.45, 2.75) is 38.4 Å². The van der Waals surface area contributed by atoms with Gasteiger partial charge in [0.2, 0.25) is 0 Å². The maximum Gasteiger partial charge on any atom is 0.0476 e. The van der Waals surface area contributed by atoms with Crippen LogP contribution in [0.15, 0.2) is 30.3 Å². The number of piperazine rings is 1. The fourth-order valence-corrected chi connectivity index (χ4v) is 4.12. The molecule has 0 bridgehead atoms. The molecule has 21 heavy (non-hydrogen) atoms. The lowest BCUT2D eigenvalue weighted by atomic mass is 9.88. The molecule has 1 aromatic carbocycles. The summed E-state index contributed by atoms with van der Waals surface area (Å²) >= 11 is 0. The molecular weight excluding hydrogens is 258 g/mol. The molecule has 3 rings (SSSR count). The Morgan fingerprint density at radius 1 is 1.10 bits per heavy atom. The molecule has 0 spiro atoms. The van der Waals surface area contributed by atoms with E-state index in [9.17, 15) is 0 Å². The molecule has 2 saturated heterocycles. The quantitative estimate of drug-likeness (QED) is 0.901. The van der Waals surface area contributed by atoms with E-state index in [1.54, 1.807) is 0 Å². The Bertz CT molecular complexity index is 447. The second-order valence-electron chi connectivity index (χ2n) is 7.03. The fraction of sp³-hybridized carbons (Fsp3) is 0.667. The van der Waals surface area contributed by atoms with E-state index in [0.717, 1.165) is 25.0 Å². The van der Waals surface area contributed by atoms with Crippen LogP contribution in [0.4, 0.5) is 0 Å². The largest absolute Gasteiger partial charge is 0.311 e. The first-order chi connectivity index (χ1) is 10.1. The second-order valence-corrected chi connectivity index (χ2v) is 7.03. The van der Waals surface area contributed by atoms with Gasteiger partial charge in [-0.05, 0) is 38.4 Å². The normalized spacial score (nSPS) is 35.8. The third-order valence-electron chi connectivity index (χ3n) is 5.22. The number of nitrogens with one attached hydrogen (secondary N) is 1. The van der Waals surface area contributed by atoms with Crippen molar-refractivity contribution in [1.82, 2.24) is 15.1 Å². The van der Waals surface area contributed by atoms with Crippen LogP contribution < -0.4 is 5.32 Å². The number of benzene rings is 1. The summed E-state index contributed by atoms with van der Waals surface area (Å²) in [6.07, 6.45) is 1.30. The Kier molecular flexibility index (Phi) is 4.63. The number of rotatable bonds is 2. The van der Waals surface area contributed by atoms with E-state index in [1.165, 1.54) is 25.1 Å². The molecule has 0 radical (unpaired) electrons. The molecule has 3 nitrogen and oxygen atoms in total. The van der Waals surface area contributed by atoms with Gasteiger partial charge in [-0.1, -0.05) is 37.3 Å². The van der Waals surface area contributed by atoms with Gasteiger partial charge < -0.3 is 10.2 Å². The van der Waals surface area contributed by atoms with Crippen LogP contribution in [-0.4, -0.2) is 55.1 Å². The van der Waals surface area contributed by atoms with E-state index in [0.29, 0.717) is 12.1 Å². The van der Waals surface area contributed by atoms with Gasteiger partial charge >= 0.3 is 0 Å². The summed E-state index contributed by atoms with van der Waals surface area (Å²) in [6, 6.07) is 12.9. The zero-order chi connectivity index (χ0) is 14.8. The van der Waals surface area contributed by atoms with Crippen LogP contribution >= 0.6 is 0 Å². The SMILES string of the molecule is CC1CN(C2CCN(C)CC2C)C(c2ccccc2)CN1. The van der Waals surface area contributed by atoms with Gasteiger partial charge in [0.05, 0.1) is 0 Å². The first-order valence-electron chi connectivity index (χ1n) is 8.37. The monoisotopic (exact) mass is 287 g/mol. The molecule has 0 amide bonds. The lowest BCUT2D eigenvalue weighted by Crippen LogP contribution is -2.58. The molecule has 1 N–H and O–H groups in total. The van der Waals surface area contributed by atoms with Crippen molar-refractivity contribution >= 4 is 0 Å². The molecule has 0 aromatic heterocycles. The van der Waals surface area contributed by atoms with Gasteiger partial charge in [-0.15, -0.1) is 0 Å². The molecule has 116 valence electrons. The summed E-state index contributed by atoms with van der Waals surface area (Å²) in [5.74, 6) is 0.750. The number of hydrogen-bond acceptors (Lipinski definition) is 3. The highest BCUT2D eigenvalue weighted by atomic mass is 15.3. The lowest BCUT2D eigenvalue weighted by molar-refractivity contribution is 0.0188. The zero-order valence-electron chi connectivity index (χ0n) is 13.6. The third-order valence-corrected chi connectivity index (χ3v) is 5.22. The smallest absolute Gasteiger partial charge is 0.0476 e. The third kappa shape index (κ3) is 3.31. The van der Waals surface area contributed by atoms with Gasteiger partial charge in [0, 0.05) is 37.8 Å². The number of hydrogen-bond donors (Lipinski definition) is 1. The number of likely N-dealkylation sites (tertiary alicyclic amines) is 1. The minimum Gasteiger partial charge on any atom is -0.311 e. The molecule has 2 aliphatic heterocycles. The van der Waals surface area contributed by atoms with Crippen LogP contribution in [0.25, 0.3) is 0 Å². The average Bonchev–Trinajstić information content (AvgIpc) is 2.48. The van der Waals surface area contributed by atoms with Crippen LogP contribution in [-0.2, 0) is 0 Å². The lowest BCUT2D eigenvalue weighted by Gasteiger charge is -2.49. The Labute approximate surface area is 129 Å². The maximum atomic E-state index is 3.67. The van der Waals surface area contributed by atoms with Gasteiger partial charge in [-0.2, -0.15) is 0 Å². The number of nitrogens with zero attached hydrogens (tertiary/aromatic N) is 2. The Morgan fingerprint density at radius 2 is 1.86 bits per heavy atom. The summed E-state index contributed by atoms with van der Waals surface area (Å²) in [5, 5.41) is 3.67. The minimum atomic E-state index is 0.526. The standard InChI is InChI=1S/C18H29N3/c1-14-12-20(3)10-9-17(14)21-13-15(2)19-11-18(21)16-7-5-4-6-8-16/h4-8,14-15,17-19H,9-13H2,1-3H3. The maximum absolute atomic E-state index is 3.67. The van der Waals surface area contributed by atoms with Crippen LogP contribution in [0.5, 0.6) is 0 Å². The van der Waals surface area contributed by atoms with Crippen molar-refractivity contribution in [3.63, 3.8) is 0 Å². The Hall–Kier alpha value is -0.900. The molecule has 0 aliphatic carbocycles. The van der Waals surface area contributed by atoms with Crippen molar-refractivity contribution in [3.8, 4) is 0 Å². The van der Waals surface area contributed by atoms with E-state index in [1.807, 2.05) is 0 Å². The van der Waals surface area contributed by atoms with Crippen molar-refractivity contribution in [2.75, 3.05) is 33.2 Å². The minimum absolute atomic E-state index is 0.526. The predicted molar refractivity (Wildman–Crippen MR) is 88.4 cm³/mol. The van der Waals surface area contributed by atoms with E-state index in [4.69, 9.17) is 0 Å². The van der Waals surface area contributed by atoms with Gasteiger partial charge in [0.25, 0.3) is 0 Å². The van der Waals surface area contributed by atoms with Gasteiger partial charge in [0.15, 0.2) is 0 Å². The van der Waals surface area contributed by atoms with E-state index in [-0.39, 0.29) is 0 Å². The van der Waals surface area contributed by atoms with Crippen LogP contribution in [0.2, 0.25) is 0 Å². The highest BCUT2D eigenvalue weighted by Crippen LogP contribution is 2.31. The topological polar surface area (TPSA) is 18.5 Å². The molecule has 0 saturated carbocycles. The van der Waals surface area contributed by atoms with E-state index >= 15 is 0 Å². The van der Waals surface area contributed by atoms with Crippen LogP contribution in [0, 0.1) is 5.92 Å². The molecule has 2 fully saturated rings. The highest BCUT2D eigenvalue weighted by Gasteiger charge is 2.36. The Balaban J connectivity index is 1.81. The van der Waals surface area contributed by atoms with Gasteiger partial charge in [0.1, 0.15) is 0 Å². The van der Waals surface area contributed by atoms with Gasteiger partial charge in [-0.3, -0.25) is 4.90 Å². The number of piperidine rings is 1. The van der Waals surface area contributed by atoms with Crippen molar-refractivity contribution in [2.24, 2.45) is 5.92 Å². The fourth-order valence-electron chi connectivity index (χ4n) is 4.12. The summed E-state index contributed by atoms with van der Waals surface area (Å²) in [4.78, 5) is 5.26. The first kappa shape index (κ1) is 15.0. The molecular formula is C18H29N3. The Morgan fingerprint density at radius 3 is 2.57 bits per heavy atom. The van der Waals surface area contributed by atoms with Crippen LogP contribution in [0.1, 0.15) is 31.9 Å². The highest BCUT2D eigenvalue weighted by molar-refractivity contribution is 5.20. The van der Waals surface area contributed by atoms with E-state index < -0.39 is 0 Å². The summed E-state index contributed by atoms with van der Waals surface area (Å²) in [6.45, 7) is 9.44. The average molecular weight is 287 g/mol. The predicted octanol–water partition coefficient (Wildman–Crippen LogP) is 2.36. The van der Waals surface area contributed by atoms with E-state index in [2.05, 4.69) is 66.3 Å². The summed E-state index contributed by atoms with van der Waals surface area (Å²) < 4.78 is 0. The van der Waals surface area contributed by atoms with Crippen molar-refractivity contribution in [1.29, 1.82) is 0 Å². The summed E-state index contributed by atoms with van der Waals surface area (Å²) in [5.41, 5.74) is 1.46. The summed E-state index contributed by atoms with van der Waals surface area (Å²) in [7, 11) is 2.25.